The van der Waals surface area contributed by atoms with Crippen LogP contribution in [0, 0.1) is 6.92 Å². The van der Waals surface area contributed by atoms with Crippen molar-refractivity contribution in [2.75, 3.05) is 18.5 Å². The van der Waals surface area contributed by atoms with E-state index in [9.17, 15) is 14.4 Å². The highest BCUT2D eigenvalue weighted by Crippen LogP contribution is 2.37. The van der Waals surface area contributed by atoms with Crippen LogP contribution in [0.1, 0.15) is 63.8 Å². The van der Waals surface area contributed by atoms with Crippen LogP contribution in [0.3, 0.4) is 0 Å². The smallest absolute Gasteiger partial charge is 0.410 e. The summed E-state index contributed by atoms with van der Waals surface area (Å²) in [7, 11) is 0. The van der Waals surface area contributed by atoms with Crippen molar-refractivity contribution in [2.45, 2.75) is 46.7 Å². The number of ether oxygens (including phenoxy) is 1. The topological polar surface area (TPSA) is 120 Å². The van der Waals surface area contributed by atoms with Crippen molar-refractivity contribution in [2.24, 2.45) is 5.73 Å². The van der Waals surface area contributed by atoms with Gasteiger partial charge in [-0.2, -0.15) is 5.10 Å². The maximum Gasteiger partial charge on any atom is 0.410 e. The molecule has 0 radical (unpaired) electrons. The van der Waals surface area contributed by atoms with Crippen LogP contribution in [0.25, 0.3) is 0 Å². The summed E-state index contributed by atoms with van der Waals surface area (Å²) >= 11 is 1.25. The molecule has 0 aromatic carbocycles. The third-order valence-corrected chi connectivity index (χ3v) is 5.83. The molecule has 0 saturated heterocycles. The lowest BCUT2D eigenvalue weighted by Gasteiger charge is -2.26. The van der Waals surface area contributed by atoms with Crippen molar-refractivity contribution in [3.8, 4) is 0 Å². The molecule has 3 rings (SSSR count). The quantitative estimate of drug-likeness (QED) is 0.772. The normalized spacial score (nSPS) is 13.3. The minimum atomic E-state index is -0.605. The molecule has 10 heteroatoms. The minimum absolute atomic E-state index is 0.126. The number of carbonyl (C=O) groups is 3. The number of nitrogens with two attached hydrogens (primary N) is 1. The fourth-order valence-electron chi connectivity index (χ4n) is 3.41. The summed E-state index contributed by atoms with van der Waals surface area (Å²) in [4.78, 5) is 39.2. The van der Waals surface area contributed by atoms with E-state index in [-0.39, 0.29) is 11.7 Å². The zero-order chi connectivity index (χ0) is 21.3. The predicted octanol–water partition coefficient (Wildman–Crippen LogP) is 2.70. The fraction of sp³-hybridized carbons (Fsp3) is 0.474. The van der Waals surface area contributed by atoms with Gasteiger partial charge in [-0.05, 0) is 45.7 Å². The van der Waals surface area contributed by atoms with E-state index < -0.39 is 17.9 Å². The van der Waals surface area contributed by atoms with Crippen molar-refractivity contribution in [3.63, 3.8) is 0 Å². The number of hydrogen-bond acceptors (Lipinski definition) is 6. The number of fused-ring (bicyclic) bond motifs is 1. The number of rotatable bonds is 5. The monoisotopic (exact) mass is 419 g/mol. The number of carbonyl (C=O) groups excluding carboxylic acids is 3. The average molecular weight is 420 g/mol. The highest BCUT2D eigenvalue weighted by atomic mass is 32.1. The standard InChI is InChI=1S/C19H25N5O4S/c1-5-28-19(27)23-7-6-12-14(9-23)29-18(15(12)16(20)25)21-17(26)13-8-11(4)24(22-13)10(2)3/h8,10H,5-7,9H2,1-4H3,(H2,20,25)(H,21,26). The van der Waals surface area contributed by atoms with E-state index in [1.807, 2.05) is 20.8 Å². The largest absolute Gasteiger partial charge is 0.450 e. The molecule has 0 bridgehead atoms. The first kappa shape index (κ1) is 20.8. The van der Waals surface area contributed by atoms with Crippen LogP contribution in [-0.4, -0.2) is 45.7 Å². The lowest BCUT2D eigenvalue weighted by atomic mass is 10.0. The summed E-state index contributed by atoms with van der Waals surface area (Å²) in [6.45, 7) is 8.63. The van der Waals surface area contributed by atoms with Gasteiger partial charge in [0.15, 0.2) is 5.69 Å². The number of aryl methyl sites for hydroxylation is 1. The van der Waals surface area contributed by atoms with Crippen LogP contribution in [-0.2, 0) is 17.7 Å². The second kappa shape index (κ2) is 8.24. The van der Waals surface area contributed by atoms with Gasteiger partial charge in [0.05, 0.1) is 18.7 Å². The summed E-state index contributed by atoms with van der Waals surface area (Å²) in [6, 6.07) is 1.83. The van der Waals surface area contributed by atoms with E-state index >= 15 is 0 Å². The Labute approximate surface area is 172 Å². The highest BCUT2D eigenvalue weighted by Gasteiger charge is 2.30. The molecule has 0 fully saturated rings. The number of nitrogens with zero attached hydrogens (tertiary/aromatic N) is 3. The van der Waals surface area contributed by atoms with Gasteiger partial charge in [0.1, 0.15) is 5.00 Å². The van der Waals surface area contributed by atoms with Crippen molar-refractivity contribution in [1.29, 1.82) is 0 Å². The first-order chi connectivity index (χ1) is 13.7. The third kappa shape index (κ3) is 4.12. The Morgan fingerprint density at radius 3 is 2.69 bits per heavy atom. The summed E-state index contributed by atoms with van der Waals surface area (Å²) in [5.74, 6) is -1.01. The van der Waals surface area contributed by atoms with Crippen molar-refractivity contribution < 1.29 is 19.1 Å². The second-order valence-corrected chi connectivity index (χ2v) is 8.21. The number of hydrogen-bond donors (Lipinski definition) is 2. The molecule has 9 nitrogen and oxygen atoms in total. The number of primary amides is 1. The van der Waals surface area contributed by atoms with E-state index in [1.165, 1.54) is 11.3 Å². The van der Waals surface area contributed by atoms with Crippen LogP contribution in [0.5, 0.6) is 0 Å². The molecule has 1 aliphatic rings. The SMILES string of the molecule is CCOC(=O)N1CCc2c(sc(NC(=O)c3cc(C)n(C(C)C)n3)c2C(N)=O)C1. The first-order valence-corrected chi connectivity index (χ1v) is 10.3. The number of nitrogens with one attached hydrogen (secondary N) is 1. The molecule has 1 aliphatic heterocycles. The number of aromatic nitrogens is 2. The van der Waals surface area contributed by atoms with Gasteiger partial charge in [-0.15, -0.1) is 11.3 Å². The summed E-state index contributed by atoms with van der Waals surface area (Å²) < 4.78 is 6.82. The van der Waals surface area contributed by atoms with E-state index in [1.54, 1.807) is 22.6 Å². The van der Waals surface area contributed by atoms with E-state index in [4.69, 9.17) is 10.5 Å². The Balaban J connectivity index is 1.87. The van der Waals surface area contributed by atoms with Crippen molar-refractivity contribution in [1.82, 2.24) is 14.7 Å². The molecule has 0 spiro atoms. The Kier molecular flexibility index (Phi) is 5.92. The molecule has 0 saturated carbocycles. The summed E-state index contributed by atoms with van der Waals surface area (Å²) in [5.41, 5.74) is 7.83. The maximum absolute atomic E-state index is 12.7. The average Bonchev–Trinajstić information content (AvgIpc) is 3.21. The zero-order valence-corrected chi connectivity index (χ0v) is 17.8. The van der Waals surface area contributed by atoms with E-state index in [0.717, 1.165) is 16.1 Å². The third-order valence-electron chi connectivity index (χ3n) is 4.70. The van der Waals surface area contributed by atoms with E-state index in [0.29, 0.717) is 36.7 Å². The molecule has 156 valence electrons. The Morgan fingerprint density at radius 1 is 1.38 bits per heavy atom. The Bertz CT molecular complexity index is 962. The summed E-state index contributed by atoms with van der Waals surface area (Å²) in [5, 5.41) is 7.51. The van der Waals surface area contributed by atoms with Crippen molar-refractivity contribution in [3.05, 3.63) is 33.5 Å². The van der Waals surface area contributed by atoms with Gasteiger partial charge in [-0.1, -0.05) is 0 Å². The molecule has 29 heavy (non-hydrogen) atoms. The minimum Gasteiger partial charge on any atom is -0.450 e. The van der Waals surface area contributed by atoms with Gasteiger partial charge in [0.2, 0.25) is 0 Å². The van der Waals surface area contributed by atoms with Gasteiger partial charge in [-0.25, -0.2) is 4.79 Å². The zero-order valence-electron chi connectivity index (χ0n) is 16.9. The molecular weight excluding hydrogens is 394 g/mol. The van der Waals surface area contributed by atoms with E-state index in [2.05, 4.69) is 10.4 Å². The maximum atomic E-state index is 12.7. The fourth-order valence-corrected chi connectivity index (χ4v) is 4.68. The molecule has 3 N–H and O–H groups in total. The molecular formula is C19H25N5O4S. The van der Waals surface area contributed by atoms with Crippen LogP contribution >= 0.6 is 11.3 Å². The molecule has 0 aliphatic carbocycles. The van der Waals surface area contributed by atoms with Gasteiger partial charge in [0, 0.05) is 23.2 Å². The van der Waals surface area contributed by atoms with Gasteiger partial charge < -0.3 is 20.7 Å². The van der Waals surface area contributed by atoms with Crippen LogP contribution in [0.4, 0.5) is 9.80 Å². The van der Waals surface area contributed by atoms with Gasteiger partial charge >= 0.3 is 6.09 Å². The highest BCUT2D eigenvalue weighted by molar-refractivity contribution is 7.17. The molecule has 3 heterocycles. The Hall–Kier alpha value is -2.88. The predicted molar refractivity (Wildman–Crippen MR) is 109 cm³/mol. The first-order valence-electron chi connectivity index (χ1n) is 9.46. The molecule has 0 unspecified atom stereocenters. The van der Waals surface area contributed by atoms with Gasteiger partial charge in [0.25, 0.3) is 11.8 Å². The van der Waals surface area contributed by atoms with Crippen LogP contribution in [0.2, 0.25) is 0 Å². The lowest BCUT2D eigenvalue weighted by Crippen LogP contribution is -2.36. The number of anilines is 1. The van der Waals surface area contributed by atoms with Crippen LogP contribution in [0.15, 0.2) is 6.07 Å². The molecule has 0 atom stereocenters. The number of amides is 3. The summed E-state index contributed by atoms with van der Waals surface area (Å²) in [6.07, 6.45) is 0.0762. The Morgan fingerprint density at radius 2 is 2.10 bits per heavy atom. The van der Waals surface area contributed by atoms with Gasteiger partial charge in [-0.3, -0.25) is 14.3 Å². The number of thiophene rings is 1. The van der Waals surface area contributed by atoms with Crippen molar-refractivity contribution >= 4 is 34.2 Å². The molecule has 2 aromatic rings. The lowest BCUT2D eigenvalue weighted by molar-refractivity contribution is 0.0997. The van der Waals surface area contributed by atoms with Crippen LogP contribution < -0.4 is 11.1 Å². The molecule has 2 aromatic heterocycles. The second-order valence-electron chi connectivity index (χ2n) is 7.11. The molecule has 3 amide bonds.